The monoisotopic (exact) mass is 368 g/mol. The Morgan fingerprint density at radius 3 is 2.38 bits per heavy atom. The van der Waals surface area contributed by atoms with E-state index < -0.39 is 5.91 Å². The molecular weight excluding hydrogens is 352 g/mol. The molecule has 26 heavy (non-hydrogen) atoms. The van der Waals surface area contributed by atoms with Gasteiger partial charge in [0, 0.05) is 24.6 Å². The third kappa shape index (κ3) is 4.49. The average Bonchev–Trinajstić information content (AvgIpc) is 2.94. The van der Waals surface area contributed by atoms with E-state index in [4.69, 9.17) is 11.6 Å². The number of aryl methyl sites for hydroxylation is 1. The number of benzene rings is 2. The van der Waals surface area contributed by atoms with Gasteiger partial charge in [0.15, 0.2) is 5.69 Å². The zero-order valence-electron chi connectivity index (χ0n) is 14.1. The maximum absolute atomic E-state index is 12.3. The third-order valence-electron chi connectivity index (χ3n) is 3.61. The van der Waals surface area contributed by atoms with Crippen LogP contribution in [0.3, 0.4) is 0 Å². The predicted molar refractivity (Wildman–Crippen MR) is 101 cm³/mol. The van der Waals surface area contributed by atoms with Crippen molar-refractivity contribution < 1.29 is 9.59 Å². The van der Waals surface area contributed by atoms with E-state index in [1.54, 1.807) is 37.5 Å². The van der Waals surface area contributed by atoms with Crippen LogP contribution in [0.4, 0.5) is 11.4 Å². The van der Waals surface area contributed by atoms with Gasteiger partial charge in [0.05, 0.1) is 11.4 Å². The molecule has 1 aromatic heterocycles. The number of aromatic nitrogens is 2. The average molecular weight is 369 g/mol. The van der Waals surface area contributed by atoms with Crippen LogP contribution >= 0.6 is 11.6 Å². The lowest BCUT2D eigenvalue weighted by molar-refractivity contribution is -0.115. The summed E-state index contributed by atoms with van der Waals surface area (Å²) in [5.41, 5.74) is 2.21. The predicted octanol–water partition coefficient (Wildman–Crippen LogP) is 3.51. The summed E-state index contributed by atoms with van der Waals surface area (Å²) in [6.07, 6.45) is 1.83. The van der Waals surface area contributed by atoms with Crippen LogP contribution in [0.5, 0.6) is 0 Å². The molecule has 2 amide bonds. The summed E-state index contributed by atoms with van der Waals surface area (Å²) in [7, 11) is 1.69. The van der Waals surface area contributed by atoms with E-state index in [1.165, 1.54) is 4.68 Å². The van der Waals surface area contributed by atoms with Crippen molar-refractivity contribution in [3.63, 3.8) is 0 Å². The minimum absolute atomic E-state index is 0.132. The molecule has 0 atom stereocenters. The molecule has 0 unspecified atom stereocenters. The number of nitrogens with zero attached hydrogens (tertiary/aromatic N) is 2. The Kier molecular flexibility index (Phi) is 5.34. The van der Waals surface area contributed by atoms with E-state index in [9.17, 15) is 9.59 Å². The largest absolute Gasteiger partial charge is 0.326 e. The fourth-order valence-corrected chi connectivity index (χ4v) is 2.73. The quantitative estimate of drug-likeness (QED) is 0.723. The van der Waals surface area contributed by atoms with Crippen LogP contribution in [0.1, 0.15) is 16.1 Å². The number of anilines is 2. The Labute approximate surface area is 155 Å². The van der Waals surface area contributed by atoms with Crippen molar-refractivity contribution in [1.82, 2.24) is 9.78 Å². The topological polar surface area (TPSA) is 76.0 Å². The molecule has 7 heteroatoms. The van der Waals surface area contributed by atoms with Gasteiger partial charge in [0.25, 0.3) is 5.91 Å². The minimum Gasteiger partial charge on any atom is -0.326 e. The molecular formula is C19H17ClN4O2. The van der Waals surface area contributed by atoms with Crippen LogP contribution in [0.2, 0.25) is 5.02 Å². The fraction of sp³-hybridized carbons (Fsp3) is 0.105. The second-order valence-electron chi connectivity index (χ2n) is 5.74. The lowest BCUT2D eigenvalue weighted by Crippen LogP contribution is -2.16. The molecule has 0 bridgehead atoms. The summed E-state index contributed by atoms with van der Waals surface area (Å²) < 4.78 is 1.47. The van der Waals surface area contributed by atoms with Crippen LogP contribution in [0.25, 0.3) is 0 Å². The smallest absolute Gasteiger partial charge is 0.277 e. The molecule has 2 aromatic carbocycles. The van der Waals surface area contributed by atoms with E-state index in [0.29, 0.717) is 11.4 Å². The first-order valence-corrected chi connectivity index (χ1v) is 8.33. The highest BCUT2D eigenvalue weighted by Crippen LogP contribution is 2.19. The summed E-state index contributed by atoms with van der Waals surface area (Å²) >= 11 is 5.98. The molecule has 3 aromatic rings. The minimum atomic E-state index is -0.414. The van der Waals surface area contributed by atoms with Crippen LogP contribution in [0, 0.1) is 0 Å². The van der Waals surface area contributed by atoms with Crippen molar-refractivity contribution >= 4 is 34.8 Å². The summed E-state index contributed by atoms with van der Waals surface area (Å²) in [5, 5.41) is 9.85. The van der Waals surface area contributed by atoms with E-state index in [2.05, 4.69) is 15.7 Å². The number of carbonyl (C=O) groups is 2. The van der Waals surface area contributed by atoms with Gasteiger partial charge < -0.3 is 10.6 Å². The van der Waals surface area contributed by atoms with E-state index >= 15 is 0 Å². The van der Waals surface area contributed by atoms with Crippen molar-refractivity contribution in [2.24, 2.45) is 7.05 Å². The molecule has 0 saturated heterocycles. The highest BCUT2D eigenvalue weighted by Gasteiger charge is 2.15. The van der Waals surface area contributed by atoms with Gasteiger partial charge in [-0.25, -0.2) is 0 Å². The molecule has 0 fully saturated rings. The molecule has 0 saturated carbocycles. The lowest BCUT2D eigenvalue weighted by Gasteiger charge is -2.08. The Hall–Kier alpha value is -3.12. The molecule has 3 rings (SSSR count). The van der Waals surface area contributed by atoms with Crippen LogP contribution in [0.15, 0.2) is 60.8 Å². The third-order valence-corrected chi connectivity index (χ3v) is 3.89. The summed E-state index contributed by atoms with van der Waals surface area (Å²) in [6.45, 7) is 0. The van der Waals surface area contributed by atoms with Gasteiger partial charge in [0.1, 0.15) is 0 Å². The normalized spacial score (nSPS) is 10.4. The van der Waals surface area contributed by atoms with Gasteiger partial charge in [-0.3, -0.25) is 14.3 Å². The van der Waals surface area contributed by atoms with Crippen molar-refractivity contribution in [3.8, 4) is 0 Å². The van der Waals surface area contributed by atoms with Gasteiger partial charge in [0.2, 0.25) is 5.91 Å². The summed E-state index contributed by atoms with van der Waals surface area (Å²) in [6, 6.07) is 16.4. The number of nitrogens with one attached hydrogen (secondary N) is 2. The standard InChI is InChI=1S/C19H17ClN4O2/c1-24-12-16(20)18(23-24)19(26)22-15-9-5-8-14(11-15)21-17(25)10-13-6-3-2-4-7-13/h2-9,11-12H,10H2,1H3,(H,21,25)(H,22,26). The molecule has 2 N–H and O–H groups in total. The van der Waals surface area contributed by atoms with Crippen molar-refractivity contribution in [1.29, 1.82) is 0 Å². The van der Waals surface area contributed by atoms with Crippen molar-refractivity contribution in [2.45, 2.75) is 6.42 Å². The zero-order valence-corrected chi connectivity index (χ0v) is 14.8. The molecule has 6 nitrogen and oxygen atoms in total. The first kappa shape index (κ1) is 17.7. The molecule has 132 valence electrons. The Bertz CT molecular complexity index is 938. The number of hydrogen-bond donors (Lipinski definition) is 2. The van der Waals surface area contributed by atoms with Crippen molar-refractivity contribution in [3.05, 3.63) is 77.1 Å². The number of hydrogen-bond acceptors (Lipinski definition) is 3. The molecule has 0 spiro atoms. The highest BCUT2D eigenvalue weighted by atomic mass is 35.5. The Balaban J connectivity index is 1.65. The number of rotatable bonds is 5. The zero-order chi connectivity index (χ0) is 18.5. The summed E-state index contributed by atoms with van der Waals surface area (Å²) in [5.74, 6) is -0.546. The summed E-state index contributed by atoms with van der Waals surface area (Å²) in [4.78, 5) is 24.4. The van der Waals surface area contributed by atoms with Gasteiger partial charge in [-0.1, -0.05) is 48.0 Å². The Morgan fingerprint density at radius 2 is 1.73 bits per heavy atom. The molecule has 1 heterocycles. The fourth-order valence-electron chi connectivity index (χ4n) is 2.46. The number of halogens is 1. The van der Waals surface area contributed by atoms with Gasteiger partial charge in [-0.15, -0.1) is 0 Å². The van der Waals surface area contributed by atoms with Gasteiger partial charge in [-0.2, -0.15) is 5.10 Å². The first-order chi connectivity index (χ1) is 12.5. The lowest BCUT2D eigenvalue weighted by atomic mass is 10.1. The van der Waals surface area contributed by atoms with Crippen LogP contribution in [-0.2, 0) is 18.3 Å². The van der Waals surface area contributed by atoms with Gasteiger partial charge >= 0.3 is 0 Å². The molecule has 0 radical (unpaired) electrons. The highest BCUT2D eigenvalue weighted by molar-refractivity contribution is 6.34. The SMILES string of the molecule is Cn1cc(Cl)c(C(=O)Nc2cccc(NC(=O)Cc3ccccc3)c2)n1. The second-order valence-corrected chi connectivity index (χ2v) is 6.15. The van der Waals surface area contributed by atoms with Crippen molar-refractivity contribution in [2.75, 3.05) is 10.6 Å². The maximum Gasteiger partial charge on any atom is 0.277 e. The molecule has 0 aliphatic rings. The van der Waals surface area contributed by atoms with Crippen LogP contribution < -0.4 is 10.6 Å². The second kappa shape index (κ2) is 7.84. The number of amides is 2. The molecule has 0 aliphatic heterocycles. The molecule has 0 aliphatic carbocycles. The number of carbonyl (C=O) groups excluding carboxylic acids is 2. The van der Waals surface area contributed by atoms with Gasteiger partial charge in [-0.05, 0) is 23.8 Å². The van der Waals surface area contributed by atoms with E-state index in [1.807, 2.05) is 30.3 Å². The van der Waals surface area contributed by atoms with E-state index in [0.717, 1.165) is 5.56 Å². The Morgan fingerprint density at radius 1 is 1.04 bits per heavy atom. The first-order valence-electron chi connectivity index (χ1n) is 7.95. The van der Waals surface area contributed by atoms with Crippen LogP contribution in [-0.4, -0.2) is 21.6 Å². The maximum atomic E-state index is 12.3. The van der Waals surface area contributed by atoms with E-state index in [-0.39, 0.29) is 23.0 Å².